The summed E-state index contributed by atoms with van der Waals surface area (Å²) < 4.78 is 1.94. The van der Waals surface area contributed by atoms with Crippen molar-refractivity contribution >= 4 is 17.6 Å². The molecular formula is C21H23N5S. The Balaban J connectivity index is 1.88. The Labute approximate surface area is 164 Å². The first-order valence-corrected chi connectivity index (χ1v) is 10.2. The Morgan fingerprint density at radius 3 is 2.96 bits per heavy atom. The fourth-order valence-electron chi connectivity index (χ4n) is 3.94. The number of rotatable bonds is 2. The van der Waals surface area contributed by atoms with Crippen molar-refractivity contribution in [3.05, 3.63) is 53.8 Å². The van der Waals surface area contributed by atoms with Gasteiger partial charge in [0.15, 0.2) is 0 Å². The van der Waals surface area contributed by atoms with Crippen LogP contribution in [0, 0.1) is 22.7 Å². The van der Waals surface area contributed by atoms with E-state index in [4.69, 9.17) is 5.10 Å². The zero-order chi connectivity index (χ0) is 19.0. The van der Waals surface area contributed by atoms with Gasteiger partial charge in [0.25, 0.3) is 0 Å². The zero-order valence-corrected chi connectivity index (χ0v) is 16.6. The lowest BCUT2D eigenvalue weighted by molar-refractivity contribution is 0.316. The van der Waals surface area contributed by atoms with E-state index in [0.717, 1.165) is 35.1 Å². The predicted octanol–water partition coefficient (Wildman–Crippen LogP) is 4.34. The van der Waals surface area contributed by atoms with Crippen molar-refractivity contribution in [2.45, 2.75) is 19.1 Å². The van der Waals surface area contributed by atoms with Crippen molar-refractivity contribution in [1.29, 1.82) is 5.26 Å². The molecule has 3 unspecified atom stereocenters. The van der Waals surface area contributed by atoms with Crippen LogP contribution in [0.2, 0.25) is 0 Å². The van der Waals surface area contributed by atoms with Gasteiger partial charge in [-0.15, -0.1) is 0 Å². The molecule has 0 bridgehead atoms. The molecule has 1 aliphatic carbocycles. The highest BCUT2D eigenvalue weighted by Gasteiger charge is 2.43. The van der Waals surface area contributed by atoms with E-state index in [1.54, 1.807) is 0 Å². The summed E-state index contributed by atoms with van der Waals surface area (Å²) in [5, 5.41) is 17.9. The van der Waals surface area contributed by atoms with Gasteiger partial charge in [0.05, 0.1) is 11.8 Å². The molecule has 2 aromatic heterocycles. The molecule has 0 fully saturated rings. The topological polar surface area (TPSA) is 66.5 Å². The number of fused-ring (bicyclic) bond motifs is 1. The third-order valence-electron chi connectivity index (χ3n) is 5.66. The van der Waals surface area contributed by atoms with Gasteiger partial charge in [-0.25, -0.2) is 0 Å². The number of thioether (sulfide) groups is 1. The van der Waals surface area contributed by atoms with Crippen LogP contribution < -0.4 is 5.32 Å². The Hall–Kier alpha value is -2.52. The number of allylic oxidation sites excluding steroid dienone is 4. The summed E-state index contributed by atoms with van der Waals surface area (Å²) in [6.07, 6.45) is 8.10. The average Bonchev–Trinajstić information content (AvgIpc) is 2.87. The summed E-state index contributed by atoms with van der Waals surface area (Å²) >= 11 is 1.96. The number of nitrogens with one attached hydrogen (secondary N) is 1. The highest BCUT2D eigenvalue weighted by molar-refractivity contribution is 7.99. The monoisotopic (exact) mass is 377 g/mol. The van der Waals surface area contributed by atoms with Gasteiger partial charge in [-0.1, -0.05) is 32.1 Å². The third-order valence-corrected chi connectivity index (χ3v) is 7.18. The summed E-state index contributed by atoms with van der Waals surface area (Å²) in [5.74, 6) is 2.34. The van der Waals surface area contributed by atoms with Gasteiger partial charge >= 0.3 is 0 Å². The molecule has 2 aliphatic rings. The fraction of sp³-hybridized carbons (Fsp3) is 0.381. The quantitative estimate of drug-likeness (QED) is 0.843. The molecule has 2 aromatic rings. The molecule has 0 saturated carbocycles. The Bertz CT molecular complexity index is 953. The molecule has 1 N–H and O–H groups in total. The Morgan fingerprint density at radius 2 is 2.26 bits per heavy atom. The number of nitrogens with zero attached hydrogens (tertiary/aromatic N) is 4. The summed E-state index contributed by atoms with van der Waals surface area (Å²) in [6, 6.07) is 8.23. The lowest BCUT2D eigenvalue weighted by Crippen LogP contribution is -2.30. The molecule has 0 spiro atoms. The molecule has 27 heavy (non-hydrogen) atoms. The molecule has 5 nitrogen and oxygen atoms in total. The maximum atomic E-state index is 9.28. The maximum absolute atomic E-state index is 9.28. The van der Waals surface area contributed by atoms with E-state index < -0.39 is 0 Å². The SMILES string of the molecule is CC1C=C(C#N)C=CC1(C)C1SCCNc2c1c(-c1ccccn1)nn2C. The minimum Gasteiger partial charge on any atom is -0.369 e. The van der Waals surface area contributed by atoms with Crippen LogP contribution in [0.25, 0.3) is 11.4 Å². The number of anilines is 1. The van der Waals surface area contributed by atoms with Gasteiger partial charge < -0.3 is 5.32 Å². The highest BCUT2D eigenvalue weighted by atomic mass is 32.2. The van der Waals surface area contributed by atoms with Crippen molar-refractivity contribution in [3.8, 4) is 17.5 Å². The number of nitriles is 1. The summed E-state index contributed by atoms with van der Waals surface area (Å²) in [6.45, 7) is 5.40. The van der Waals surface area contributed by atoms with Crippen LogP contribution in [0.5, 0.6) is 0 Å². The average molecular weight is 378 g/mol. The highest BCUT2D eigenvalue weighted by Crippen LogP contribution is 2.56. The zero-order valence-electron chi connectivity index (χ0n) is 15.8. The van der Waals surface area contributed by atoms with Crippen LogP contribution in [0.1, 0.15) is 24.7 Å². The predicted molar refractivity (Wildman–Crippen MR) is 110 cm³/mol. The largest absolute Gasteiger partial charge is 0.369 e. The van der Waals surface area contributed by atoms with Crippen molar-refractivity contribution in [3.63, 3.8) is 0 Å². The van der Waals surface area contributed by atoms with E-state index in [1.165, 1.54) is 5.56 Å². The molecule has 3 atom stereocenters. The van der Waals surface area contributed by atoms with Crippen molar-refractivity contribution in [2.24, 2.45) is 18.4 Å². The lowest BCUT2D eigenvalue weighted by Gasteiger charge is -2.40. The number of hydrogen-bond donors (Lipinski definition) is 1. The van der Waals surface area contributed by atoms with E-state index in [9.17, 15) is 5.26 Å². The van der Waals surface area contributed by atoms with Gasteiger partial charge in [-0.2, -0.15) is 22.1 Å². The van der Waals surface area contributed by atoms with Crippen LogP contribution in [0.4, 0.5) is 5.82 Å². The molecular weight excluding hydrogens is 354 g/mol. The van der Waals surface area contributed by atoms with Gasteiger partial charge in [0, 0.05) is 47.3 Å². The Kier molecular flexibility index (Phi) is 4.56. The first-order chi connectivity index (χ1) is 13.0. The summed E-state index contributed by atoms with van der Waals surface area (Å²) in [5.41, 5.74) is 3.68. The van der Waals surface area contributed by atoms with E-state index in [-0.39, 0.29) is 16.6 Å². The molecule has 0 amide bonds. The smallest absolute Gasteiger partial charge is 0.129 e. The fourth-order valence-corrected chi connectivity index (χ4v) is 5.43. The molecule has 6 heteroatoms. The maximum Gasteiger partial charge on any atom is 0.129 e. The molecule has 138 valence electrons. The van der Waals surface area contributed by atoms with E-state index in [2.05, 4.69) is 42.4 Å². The normalized spacial score (nSPS) is 27.1. The first kappa shape index (κ1) is 17.9. The molecule has 0 aromatic carbocycles. The van der Waals surface area contributed by atoms with Crippen molar-refractivity contribution in [2.75, 3.05) is 17.6 Å². The minimum absolute atomic E-state index is 0.113. The number of hydrogen-bond acceptors (Lipinski definition) is 5. The van der Waals surface area contributed by atoms with Gasteiger partial charge in [-0.05, 0) is 24.1 Å². The van der Waals surface area contributed by atoms with Crippen LogP contribution in [0.3, 0.4) is 0 Å². The van der Waals surface area contributed by atoms with E-state index in [1.807, 2.05) is 54.0 Å². The molecule has 3 heterocycles. The van der Waals surface area contributed by atoms with Gasteiger partial charge in [0.2, 0.25) is 0 Å². The second kappa shape index (κ2) is 6.90. The van der Waals surface area contributed by atoms with Crippen LogP contribution in [-0.2, 0) is 7.05 Å². The minimum atomic E-state index is -0.113. The van der Waals surface area contributed by atoms with E-state index >= 15 is 0 Å². The lowest BCUT2D eigenvalue weighted by atomic mass is 9.69. The molecule has 4 rings (SSSR count). The van der Waals surface area contributed by atoms with Crippen LogP contribution in [0.15, 0.2) is 48.2 Å². The number of aromatic nitrogens is 3. The van der Waals surface area contributed by atoms with Crippen LogP contribution in [-0.4, -0.2) is 27.1 Å². The molecule has 1 aliphatic heterocycles. The molecule has 0 radical (unpaired) electrons. The number of aryl methyl sites for hydroxylation is 1. The Morgan fingerprint density at radius 1 is 1.41 bits per heavy atom. The van der Waals surface area contributed by atoms with Crippen molar-refractivity contribution < 1.29 is 0 Å². The summed E-state index contributed by atoms with van der Waals surface area (Å²) in [4.78, 5) is 4.56. The second-order valence-corrected chi connectivity index (χ2v) is 8.56. The number of pyridine rings is 1. The molecule has 0 saturated heterocycles. The van der Waals surface area contributed by atoms with Crippen molar-refractivity contribution in [1.82, 2.24) is 14.8 Å². The third kappa shape index (κ3) is 2.96. The van der Waals surface area contributed by atoms with Crippen LogP contribution >= 0.6 is 11.8 Å². The summed E-state index contributed by atoms with van der Waals surface area (Å²) in [7, 11) is 1.99. The second-order valence-electron chi connectivity index (χ2n) is 7.35. The first-order valence-electron chi connectivity index (χ1n) is 9.19. The van der Waals surface area contributed by atoms with Gasteiger partial charge in [-0.3, -0.25) is 9.67 Å². The van der Waals surface area contributed by atoms with E-state index in [0.29, 0.717) is 0 Å². The standard InChI is InChI=1S/C21H23N5S/c1-14-12-15(13-22)7-8-21(14,2)19-17-18(16-6-4-5-9-23-16)25-26(3)20(17)24-10-11-27-19/h4-9,12,14,19,24H,10-11H2,1-3H3. The van der Waals surface area contributed by atoms with Gasteiger partial charge in [0.1, 0.15) is 11.5 Å².